The van der Waals surface area contributed by atoms with Gasteiger partial charge in [0.25, 0.3) is 0 Å². The van der Waals surface area contributed by atoms with E-state index in [-0.39, 0.29) is 6.04 Å². The molecule has 26 heavy (non-hydrogen) atoms. The van der Waals surface area contributed by atoms with E-state index in [1.54, 1.807) is 17.4 Å². The summed E-state index contributed by atoms with van der Waals surface area (Å²) in [7, 11) is 0. The number of thiophene rings is 1. The molecule has 1 aliphatic carbocycles. The molecule has 0 spiro atoms. The number of furan rings is 1. The predicted molar refractivity (Wildman–Crippen MR) is 108 cm³/mol. The van der Waals surface area contributed by atoms with E-state index in [0.29, 0.717) is 54.2 Å². The van der Waals surface area contributed by atoms with E-state index in [1.165, 1.54) is 4.88 Å². The SMILES string of the molecule is NC(Cc1oc2c(NCc3cccs3)cc(Cl)nc2c1Br)CC1(F)CC1. The predicted octanol–water partition coefficient (Wildman–Crippen LogP) is 5.68. The molecule has 3 aromatic heterocycles. The maximum Gasteiger partial charge on any atom is 0.177 e. The molecular weight excluding hydrogens is 441 g/mol. The van der Waals surface area contributed by atoms with Crippen LogP contribution in [0.15, 0.2) is 32.5 Å². The number of hydrogen-bond donors (Lipinski definition) is 2. The van der Waals surface area contributed by atoms with E-state index in [4.69, 9.17) is 21.8 Å². The summed E-state index contributed by atoms with van der Waals surface area (Å²) in [5, 5.41) is 5.77. The number of fused-ring (bicyclic) bond motifs is 1. The molecule has 138 valence electrons. The van der Waals surface area contributed by atoms with Crippen molar-refractivity contribution in [3.8, 4) is 0 Å². The third-order valence-electron chi connectivity index (χ3n) is 4.52. The number of pyridine rings is 1. The van der Waals surface area contributed by atoms with E-state index >= 15 is 0 Å². The molecule has 0 bridgehead atoms. The number of halogens is 3. The summed E-state index contributed by atoms with van der Waals surface area (Å²) in [5.41, 5.74) is 7.11. The fraction of sp³-hybridized carbons (Fsp3) is 0.389. The molecule has 4 rings (SSSR count). The van der Waals surface area contributed by atoms with Crippen LogP contribution in [0.25, 0.3) is 11.1 Å². The number of anilines is 1. The lowest BCUT2D eigenvalue weighted by molar-refractivity contribution is 0.267. The number of nitrogens with two attached hydrogens (primary N) is 1. The number of aromatic nitrogens is 1. The Morgan fingerprint density at radius 1 is 1.50 bits per heavy atom. The lowest BCUT2D eigenvalue weighted by atomic mass is 10.1. The van der Waals surface area contributed by atoms with Gasteiger partial charge >= 0.3 is 0 Å². The Morgan fingerprint density at radius 3 is 3.00 bits per heavy atom. The first-order chi connectivity index (χ1) is 12.4. The molecule has 1 saturated carbocycles. The molecule has 0 saturated heterocycles. The van der Waals surface area contributed by atoms with Crippen molar-refractivity contribution in [1.29, 1.82) is 0 Å². The van der Waals surface area contributed by atoms with Crippen LogP contribution in [0.2, 0.25) is 5.15 Å². The number of nitrogens with zero attached hydrogens (tertiary/aromatic N) is 1. The highest BCUT2D eigenvalue weighted by Crippen LogP contribution is 2.44. The van der Waals surface area contributed by atoms with Crippen LogP contribution in [0, 0.1) is 0 Å². The summed E-state index contributed by atoms with van der Waals surface area (Å²) in [6, 6.07) is 5.53. The second-order valence-electron chi connectivity index (χ2n) is 6.76. The molecule has 0 aliphatic heterocycles. The first kappa shape index (κ1) is 18.2. The number of alkyl halides is 1. The number of rotatable bonds is 7. The average molecular weight is 459 g/mol. The summed E-state index contributed by atoms with van der Waals surface area (Å²) in [4.78, 5) is 5.57. The summed E-state index contributed by atoms with van der Waals surface area (Å²) in [5.74, 6) is 0.672. The Labute approximate surface area is 168 Å². The summed E-state index contributed by atoms with van der Waals surface area (Å²) in [6.45, 7) is 0.671. The van der Waals surface area contributed by atoms with Crippen molar-refractivity contribution in [2.45, 2.75) is 43.9 Å². The standard InChI is InChI=1S/C18H18BrClFN3OS/c19-15-13(6-10(22)8-18(21)3-4-18)25-17-12(7-14(20)24-16(15)17)23-9-11-2-1-5-26-11/h1-2,5,7,10H,3-4,6,8-9,22H2,(H,23,24). The molecule has 4 nitrogen and oxygen atoms in total. The minimum absolute atomic E-state index is 0.294. The van der Waals surface area contributed by atoms with E-state index < -0.39 is 5.67 Å². The van der Waals surface area contributed by atoms with Gasteiger partial charge in [-0.25, -0.2) is 9.37 Å². The second kappa shape index (κ2) is 7.11. The third-order valence-corrected chi connectivity index (χ3v) is 6.41. The van der Waals surface area contributed by atoms with Crippen LogP contribution in [0.5, 0.6) is 0 Å². The van der Waals surface area contributed by atoms with Gasteiger partial charge in [-0.3, -0.25) is 0 Å². The topological polar surface area (TPSA) is 64.1 Å². The highest BCUT2D eigenvalue weighted by Gasteiger charge is 2.44. The van der Waals surface area contributed by atoms with Crippen LogP contribution in [-0.4, -0.2) is 16.7 Å². The Morgan fingerprint density at radius 2 is 2.31 bits per heavy atom. The highest BCUT2D eigenvalue weighted by molar-refractivity contribution is 9.10. The maximum absolute atomic E-state index is 13.9. The third kappa shape index (κ3) is 3.91. The van der Waals surface area contributed by atoms with Crippen molar-refractivity contribution in [3.63, 3.8) is 0 Å². The van der Waals surface area contributed by atoms with Gasteiger partial charge in [-0.2, -0.15) is 0 Å². The largest absolute Gasteiger partial charge is 0.456 e. The fourth-order valence-electron chi connectivity index (χ4n) is 3.03. The molecule has 8 heteroatoms. The van der Waals surface area contributed by atoms with E-state index in [0.717, 1.165) is 10.2 Å². The van der Waals surface area contributed by atoms with E-state index in [1.807, 2.05) is 11.4 Å². The average Bonchev–Trinajstić information content (AvgIpc) is 2.98. The van der Waals surface area contributed by atoms with Crippen molar-refractivity contribution < 1.29 is 8.81 Å². The molecule has 0 aromatic carbocycles. The Kier molecular flexibility index (Phi) is 4.98. The normalized spacial score (nSPS) is 16.8. The van der Waals surface area contributed by atoms with Crippen LogP contribution < -0.4 is 11.1 Å². The molecule has 0 amide bonds. The van der Waals surface area contributed by atoms with Gasteiger partial charge in [-0.1, -0.05) is 17.7 Å². The van der Waals surface area contributed by atoms with Crippen LogP contribution in [0.1, 0.15) is 29.9 Å². The van der Waals surface area contributed by atoms with Crippen LogP contribution >= 0.6 is 38.9 Å². The zero-order valence-corrected chi connectivity index (χ0v) is 17.1. The first-order valence-electron chi connectivity index (χ1n) is 8.42. The number of hydrogen-bond acceptors (Lipinski definition) is 5. The molecule has 0 radical (unpaired) electrons. The van der Waals surface area contributed by atoms with Crippen molar-refractivity contribution in [1.82, 2.24) is 4.98 Å². The molecule has 1 unspecified atom stereocenters. The molecule has 1 aliphatic rings. The lowest BCUT2D eigenvalue weighted by Crippen LogP contribution is -2.27. The molecule has 1 atom stereocenters. The van der Waals surface area contributed by atoms with E-state index in [2.05, 4.69) is 32.3 Å². The molecule has 3 N–H and O–H groups in total. The van der Waals surface area contributed by atoms with Crippen molar-refractivity contribution in [2.24, 2.45) is 5.73 Å². The minimum atomic E-state index is -1.08. The van der Waals surface area contributed by atoms with Crippen LogP contribution in [0.3, 0.4) is 0 Å². The summed E-state index contributed by atoms with van der Waals surface area (Å²) >= 11 is 11.4. The summed E-state index contributed by atoms with van der Waals surface area (Å²) in [6.07, 6.45) is 2.02. The second-order valence-corrected chi connectivity index (χ2v) is 8.97. The Hall–Kier alpha value is -1.15. The van der Waals surface area contributed by atoms with Crippen molar-refractivity contribution in [2.75, 3.05) is 5.32 Å². The van der Waals surface area contributed by atoms with E-state index in [9.17, 15) is 4.39 Å². The zero-order chi connectivity index (χ0) is 18.3. The minimum Gasteiger partial charge on any atom is -0.456 e. The molecule has 3 aromatic rings. The quantitative estimate of drug-likeness (QED) is 0.447. The Balaban J connectivity index is 1.59. The van der Waals surface area contributed by atoms with Crippen LogP contribution in [-0.2, 0) is 13.0 Å². The van der Waals surface area contributed by atoms with Gasteiger partial charge in [0.15, 0.2) is 5.58 Å². The maximum atomic E-state index is 13.9. The van der Waals surface area contributed by atoms with Gasteiger partial charge in [0.1, 0.15) is 22.1 Å². The highest BCUT2D eigenvalue weighted by atomic mass is 79.9. The zero-order valence-electron chi connectivity index (χ0n) is 13.9. The fourth-order valence-corrected chi connectivity index (χ4v) is 4.38. The Bertz CT molecular complexity index is 926. The van der Waals surface area contributed by atoms with Gasteiger partial charge in [-0.05, 0) is 46.6 Å². The summed E-state index contributed by atoms with van der Waals surface area (Å²) < 4.78 is 20.7. The van der Waals surface area contributed by atoms with Gasteiger partial charge in [0.05, 0.1) is 10.2 Å². The van der Waals surface area contributed by atoms with Gasteiger partial charge in [-0.15, -0.1) is 11.3 Å². The lowest BCUT2D eigenvalue weighted by Gasteiger charge is -2.12. The smallest absolute Gasteiger partial charge is 0.177 e. The first-order valence-corrected chi connectivity index (χ1v) is 10.5. The molecule has 3 heterocycles. The van der Waals surface area contributed by atoms with Gasteiger partial charge in [0.2, 0.25) is 0 Å². The van der Waals surface area contributed by atoms with Gasteiger partial charge in [0, 0.05) is 30.0 Å². The molecule has 1 fully saturated rings. The molecular formula is C18H18BrClFN3OS. The number of nitrogens with one attached hydrogen (secondary N) is 1. The van der Waals surface area contributed by atoms with Crippen molar-refractivity contribution >= 4 is 55.7 Å². The van der Waals surface area contributed by atoms with Crippen LogP contribution in [0.4, 0.5) is 10.1 Å². The monoisotopic (exact) mass is 457 g/mol. The van der Waals surface area contributed by atoms with Crippen molar-refractivity contribution in [3.05, 3.63) is 43.8 Å². The van der Waals surface area contributed by atoms with Gasteiger partial charge < -0.3 is 15.5 Å².